The summed E-state index contributed by atoms with van der Waals surface area (Å²) in [5.74, 6) is -1.47. The second kappa shape index (κ2) is 8.09. The zero-order valence-electron chi connectivity index (χ0n) is 23.8. The van der Waals surface area contributed by atoms with Crippen molar-refractivity contribution in [1.29, 1.82) is 0 Å². The molecule has 0 radical (unpaired) electrons. The largest absolute Gasteiger partial charge is 0.472 e. The number of rotatable bonds is 3. The highest BCUT2D eigenvalue weighted by atomic mass is 16.7. The number of carbonyl (C=O) groups is 3. The molecule has 0 amide bonds. The van der Waals surface area contributed by atoms with Crippen LogP contribution in [0.5, 0.6) is 0 Å². The monoisotopic (exact) mass is 544 g/mol. The van der Waals surface area contributed by atoms with Crippen molar-refractivity contribution in [2.75, 3.05) is 0 Å². The molecule has 11 atom stereocenters. The number of epoxide rings is 1. The molecular weight excluding hydrogens is 504 g/mol. The van der Waals surface area contributed by atoms with Crippen LogP contribution < -0.4 is 0 Å². The van der Waals surface area contributed by atoms with Gasteiger partial charge in [-0.25, -0.2) is 4.79 Å². The molecule has 3 aliphatic carbocycles. The van der Waals surface area contributed by atoms with Crippen LogP contribution in [-0.2, 0) is 33.3 Å². The van der Waals surface area contributed by atoms with Gasteiger partial charge in [-0.05, 0) is 37.2 Å². The summed E-state index contributed by atoms with van der Waals surface area (Å²) in [7, 11) is 0. The molecule has 1 spiro atoms. The maximum atomic E-state index is 13.3. The van der Waals surface area contributed by atoms with E-state index in [9.17, 15) is 19.5 Å². The molecular formula is C30H40O9. The molecule has 0 bridgehead atoms. The Labute approximate surface area is 228 Å². The highest BCUT2D eigenvalue weighted by Gasteiger charge is 2.88. The lowest BCUT2D eigenvalue weighted by Gasteiger charge is -2.71. The number of esters is 3. The van der Waals surface area contributed by atoms with E-state index in [0.717, 1.165) is 5.56 Å². The summed E-state index contributed by atoms with van der Waals surface area (Å²) in [6.45, 7) is 13.3. The Morgan fingerprint density at radius 2 is 1.64 bits per heavy atom. The highest BCUT2D eigenvalue weighted by molar-refractivity contribution is 5.82. The molecule has 3 heterocycles. The van der Waals surface area contributed by atoms with Gasteiger partial charge in [0.15, 0.2) is 6.10 Å². The number of furan rings is 1. The molecule has 1 aromatic rings. The first-order chi connectivity index (χ1) is 18.2. The van der Waals surface area contributed by atoms with Crippen molar-refractivity contribution in [3.63, 3.8) is 0 Å². The minimum absolute atomic E-state index is 0.126. The second-order valence-electron chi connectivity index (χ2n) is 13.8. The van der Waals surface area contributed by atoms with E-state index in [2.05, 4.69) is 34.6 Å². The number of fused-ring (bicyclic) bond motifs is 3. The number of ether oxygens (including phenoxy) is 4. The third-order valence-corrected chi connectivity index (χ3v) is 11.9. The van der Waals surface area contributed by atoms with Crippen molar-refractivity contribution in [3.8, 4) is 0 Å². The zero-order valence-corrected chi connectivity index (χ0v) is 23.8. The quantitative estimate of drug-likeness (QED) is 0.340. The van der Waals surface area contributed by atoms with E-state index in [1.165, 1.54) is 13.8 Å². The van der Waals surface area contributed by atoms with E-state index in [1.807, 2.05) is 6.07 Å². The Balaban J connectivity index is 1.49. The molecule has 2 saturated heterocycles. The van der Waals surface area contributed by atoms with Crippen molar-refractivity contribution < 1.29 is 42.9 Å². The number of hydrogen-bond acceptors (Lipinski definition) is 9. The average molecular weight is 545 g/mol. The van der Waals surface area contributed by atoms with Crippen molar-refractivity contribution in [1.82, 2.24) is 0 Å². The molecule has 0 aromatic carbocycles. The fourth-order valence-corrected chi connectivity index (χ4v) is 10.2. The standard InChI is InChI=1S/C30H40O9/c1-15(31)36-21-13-22(37-16(2)32)28(6)18-8-10-27(5)23(17-9-11-35-14-17)38-25(34)24-30(27,39-24)29(18,7)20(33)12-19(28)26(21,3)4/h9,11,14,18-24,33H,8,10,12-13H2,1-7H3/t18-,19+,20-,21-,22+,23-,24-,27+,28-,29+,30-/m1/s1. The molecule has 0 unspecified atom stereocenters. The first kappa shape index (κ1) is 26.8. The molecule has 9 heteroatoms. The maximum Gasteiger partial charge on any atom is 0.339 e. The Hall–Kier alpha value is -2.39. The number of aliphatic hydroxyl groups is 1. The number of carbonyl (C=O) groups excluding carboxylic acids is 3. The molecule has 39 heavy (non-hydrogen) atoms. The first-order valence-electron chi connectivity index (χ1n) is 14.1. The molecule has 214 valence electrons. The molecule has 3 saturated carbocycles. The summed E-state index contributed by atoms with van der Waals surface area (Å²) >= 11 is 0. The van der Waals surface area contributed by atoms with E-state index in [4.69, 9.17) is 23.4 Å². The van der Waals surface area contributed by atoms with Gasteiger partial charge < -0.3 is 28.5 Å². The van der Waals surface area contributed by atoms with Gasteiger partial charge in [0, 0.05) is 47.5 Å². The van der Waals surface area contributed by atoms with Crippen LogP contribution in [0.15, 0.2) is 23.0 Å². The molecule has 1 aromatic heterocycles. The maximum absolute atomic E-state index is 13.3. The van der Waals surface area contributed by atoms with Crippen molar-refractivity contribution in [3.05, 3.63) is 24.2 Å². The van der Waals surface area contributed by atoms with Crippen LogP contribution in [0, 0.1) is 33.5 Å². The van der Waals surface area contributed by atoms with Gasteiger partial charge in [-0.1, -0.05) is 34.6 Å². The van der Waals surface area contributed by atoms with Crippen LogP contribution in [0.3, 0.4) is 0 Å². The molecule has 1 N–H and O–H groups in total. The summed E-state index contributed by atoms with van der Waals surface area (Å²) < 4.78 is 29.7. The lowest BCUT2D eigenvalue weighted by molar-refractivity contribution is -0.296. The fraction of sp³-hybridized carbons (Fsp3) is 0.767. The third-order valence-electron chi connectivity index (χ3n) is 11.9. The van der Waals surface area contributed by atoms with Gasteiger partial charge in [-0.2, -0.15) is 0 Å². The Kier molecular flexibility index (Phi) is 5.56. The number of cyclic esters (lactones) is 1. The average Bonchev–Trinajstić information content (AvgIpc) is 3.41. The normalized spacial score (nSPS) is 49.3. The van der Waals surface area contributed by atoms with E-state index in [0.29, 0.717) is 25.7 Å². The first-order valence-corrected chi connectivity index (χ1v) is 14.1. The molecule has 5 fully saturated rings. The van der Waals surface area contributed by atoms with Gasteiger partial charge >= 0.3 is 17.9 Å². The summed E-state index contributed by atoms with van der Waals surface area (Å²) in [5, 5.41) is 12.2. The van der Waals surface area contributed by atoms with Crippen LogP contribution in [0.2, 0.25) is 0 Å². The topological polar surface area (TPSA) is 125 Å². The van der Waals surface area contributed by atoms with Crippen LogP contribution in [0.4, 0.5) is 0 Å². The van der Waals surface area contributed by atoms with Gasteiger partial charge in [0.1, 0.15) is 23.9 Å². The second-order valence-corrected chi connectivity index (χ2v) is 13.8. The smallest absolute Gasteiger partial charge is 0.339 e. The van der Waals surface area contributed by atoms with E-state index in [-0.39, 0.29) is 17.8 Å². The SMILES string of the molecule is CC(=O)O[C@H]1C[C@@H](OC(C)=O)C(C)(C)[C@@H]2C[C@@H](O)[C@]3(C)[C@H](CC[C@@]4(C)[C@@H](c5ccoc5)OC(=O)[C@H]5O[C@@]534)[C@@]12C. The summed E-state index contributed by atoms with van der Waals surface area (Å²) in [6.07, 6.45) is 2.18. The van der Waals surface area contributed by atoms with Crippen molar-refractivity contribution >= 4 is 17.9 Å². The minimum Gasteiger partial charge on any atom is -0.472 e. The Morgan fingerprint density at radius 3 is 2.26 bits per heavy atom. The van der Waals surface area contributed by atoms with Gasteiger partial charge in [0.05, 0.1) is 18.6 Å². The van der Waals surface area contributed by atoms with Crippen LogP contribution in [0.1, 0.15) is 85.8 Å². The molecule has 2 aliphatic heterocycles. The van der Waals surface area contributed by atoms with Crippen molar-refractivity contribution in [2.45, 2.75) is 110 Å². The fourth-order valence-electron chi connectivity index (χ4n) is 10.2. The lowest BCUT2D eigenvalue weighted by Crippen LogP contribution is -2.75. The van der Waals surface area contributed by atoms with E-state index >= 15 is 0 Å². The highest BCUT2D eigenvalue weighted by Crippen LogP contribution is 2.80. The van der Waals surface area contributed by atoms with Gasteiger partial charge in [-0.3, -0.25) is 9.59 Å². The lowest BCUT2D eigenvalue weighted by atomic mass is 9.34. The predicted molar refractivity (Wildman–Crippen MR) is 136 cm³/mol. The predicted octanol–water partition coefficient (Wildman–Crippen LogP) is 4.12. The summed E-state index contributed by atoms with van der Waals surface area (Å²) in [6, 6.07) is 1.82. The summed E-state index contributed by atoms with van der Waals surface area (Å²) in [4.78, 5) is 37.8. The summed E-state index contributed by atoms with van der Waals surface area (Å²) in [5.41, 5.74) is -2.68. The van der Waals surface area contributed by atoms with Crippen LogP contribution >= 0.6 is 0 Å². The molecule has 6 rings (SSSR count). The van der Waals surface area contributed by atoms with Gasteiger partial charge in [-0.15, -0.1) is 0 Å². The third kappa shape index (κ3) is 3.12. The van der Waals surface area contributed by atoms with Crippen LogP contribution in [-0.4, -0.2) is 53.0 Å². The van der Waals surface area contributed by atoms with Crippen molar-refractivity contribution in [2.24, 2.45) is 33.5 Å². The Bertz CT molecular complexity index is 1210. The minimum atomic E-state index is -0.953. The van der Waals surface area contributed by atoms with E-state index < -0.39 is 69.7 Å². The number of hydrogen-bond donors (Lipinski definition) is 1. The van der Waals surface area contributed by atoms with E-state index in [1.54, 1.807) is 12.5 Å². The van der Waals surface area contributed by atoms with Crippen LogP contribution in [0.25, 0.3) is 0 Å². The van der Waals surface area contributed by atoms with Gasteiger partial charge in [0.2, 0.25) is 0 Å². The zero-order chi connectivity index (χ0) is 28.3. The number of aliphatic hydroxyl groups excluding tert-OH is 1. The molecule has 9 nitrogen and oxygen atoms in total. The molecule has 5 aliphatic rings. The van der Waals surface area contributed by atoms with Gasteiger partial charge in [0.25, 0.3) is 0 Å². The Morgan fingerprint density at radius 1 is 0.974 bits per heavy atom.